The maximum absolute atomic E-state index is 15.9. The molecule has 15 bridgehead atoms. The minimum atomic E-state index is -0.972. The molecule has 60 heavy (non-hydrogen) atoms. The molecule has 3 spiro atoms. The van der Waals surface area contributed by atoms with Gasteiger partial charge >= 0.3 is 11.9 Å². The van der Waals surface area contributed by atoms with Crippen LogP contribution in [0.4, 0.5) is 0 Å². The van der Waals surface area contributed by atoms with Crippen LogP contribution in [-0.4, -0.2) is 60.0 Å². The number of piperidine rings is 2. The molecule has 2 aromatic carbocycles. The van der Waals surface area contributed by atoms with Gasteiger partial charge in [-0.05, 0) is 148 Å². The Morgan fingerprint density at radius 1 is 0.950 bits per heavy atom. The average molecular weight is 804 g/mol. The number of hydrogen-bond acceptors (Lipinski definition) is 7. The Morgan fingerprint density at radius 3 is 2.73 bits per heavy atom. The first kappa shape index (κ1) is 36.7. The zero-order valence-corrected chi connectivity index (χ0v) is 35.6. The molecule has 1 unspecified atom stereocenters. The molecular weight excluding hydrogens is 743 g/mol. The third-order valence-corrected chi connectivity index (χ3v) is 18.8. The predicted octanol–water partition coefficient (Wildman–Crippen LogP) is 8.58. The van der Waals surface area contributed by atoms with E-state index in [2.05, 4.69) is 84.3 Å². The summed E-state index contributed by atoms with van der Waals surface area (Å²) < 4.78 is 14.2. The predicted molar refractivity (Wildman–Crippen MR) is 230 cm³/mol. The Labute approximate surface area is 355 Å². The first-order valence-electron chi connectivity index (χ1n) is 24.0. The SMILES string of the molecule is C[C@@H]1C/C=C2/OC(=O)[C@@]34C5=C6CC[C@@]23[C@]2(OC(=O)c3c(CCCN)cccc32)[C@H]4CCCCc2cccc(c2)C[C@H](C5)[C@H]2[C@H]6C3=C(C=C[C@H]4[C@H]5C[C@H](CN1C5)CN34)C[C@@H]2C. The second-order valence-electron chi connectivity index (χ2n) is 21.4. The van der Waals surface area contributed by atoms with E-state index in [1.165, 1.54) is 23.1 Å². The van der Waals surface area contributed by atoms with E-state index < -0.39 is 16.4 Å². The third-order valence-electron chi connectivity index (χ3n) is 18.8. The van der Waals surface area contributed by atoms with Crippen molar-refractivity contribution in [3.05, 3.63) is 117 Å². The molecule has 0 radical (unpaired) electrons. The molecule has 9 heterocycles. The van der Waals surface area contributed by atoms with Gasteiger partial charge in [0.05, 0.1) is 17.0 Å². The van der Waals surface area contributed by atoms with Gasteiger partial charge in [0.15, 0.2) is 5.60 Å². The number of nitrogens with zero attached hydrogens (tertiary/aromatic N) is 2. The normalized spacial score (nSPS) is 43.5. The molecule has 2 aromatic rings. The molecule has 13 atom stereocenters. The zero-order valence-electron chi connectivity index (χ0n) is 35.6. The van der Waals surface area contributed by atoms with E-state index in [1.54, 1.807) is 16.8 Å². The molecule has 16 rings (SSSR count). The third kappa shape index (κ3) is 4.40. The first-order valence-corrected chi connectivity index (χ1v) is 24.0. The summed E-state index contributed by atoms with van der Waals surface area (Å²) >= 11 is 0. The van der Waals surface area contributed by atoms with Crippen LogP contribution in [-0.2, 0) is 39.1 Å². The summed E-state index contributed by atoms with van der Waals surface area (Å²) in [6, 6.07) is 16.7. The van der Waals surface area contributed by atoms with E-state index in [0.717, 1.165) is 119 Å². The molecule has 0 aromatic heterocycles. The molecule has 0 amide bonds. The zero-order chi connectivity index (χ0) is 40.3. The van der Waals surface area contributed by atoms with E-state index in [4.69, 9.17) is 15.2 Å². The maximum atomic E-state index is 15.9. The van der Waals surface area contributed by atoms with Crippen molar-refractivity contribution in [1.29, 1.82) is 0 Å². The largest absolute Gasteiger partial charge is 0.449 e. The van der Waals surface area contributed by atoms with Crippen molar-refractivity contribution < 1.29 is 19.1 Å². The van der Waals surface area contributed by atoms with Crippen LogP contribution in [0, 0.1) is 52.3 Å². The summed E-state index contributed by atoms with van der Waals surface area (Å²) in [5.74, 6) is 3.26. The highest BCUT2D eigenvalue weighted by atomic mass is 16.6. The van der Waals surface area contributed by atoms with Crippen LogP contribution >= 0.6 is 0 Å². The maximum Gasteiger partial charge on any atom is 0.339 e. The van der Waals surface area contributed by atoms with Crippen LogP contribution in [0.3, 0.4) is 0 Å². The molecule has 1 saturated carbocycles. The number of esters is 2. The van der Waals surface area contributed by atoms with E-state index in [0.29, 0.717) is 48.2 Å². The number of rotatable bonds is 3. The van der Waals surface area contributed by atoms with Crippen molar-refractivity contribution in [1.82, 2.24) is 9.80 Å². The van der Waals surface area contributed by atoms with Gasteiger partial charge in [0, 0.05) is 48.8 Å². The van der Waals surface area contributed by atoms with E-state index in [9.17, 15) is 4.79 Å². The average Bonchev–Trinajstić information content (AvgIpc) is 3.69. The lowest BCUT2D eigenvalue weighted by molar-refractivity contribution is -0.278. The van der Waals surface area contributed by atoms with Crippen LogP contribution in [0.5, 0.6) is 0 Å². The quantitative estimate of drug-likeness (QED) is 0.246. The molecule has 7 nitrogen and oxygen atoms in total. The number of nitrogens with two attached hydrogens (primary N) is 1. The van der Waals surface area contributed by atoms with E-state index in [1.807, 2.05) is 0 Å². The highest BCUT2D eigenvalue weighted by molar-refractivity contribution is 6.00. The van der Waals surface area contributed by atoms with Gasteiger partial charge in [-0.2, -0.15) is 0 Å². The molecule has 312 valence electrons. The van der Waals surface area contributed by atoms with Gasteiger partial charge in [-0.1, -0.05) is 79.1 Å². The second kappa shape index (κ2) is 12.8. The Kier molecular flexibility index (Phi) is 7.84. The van der Waals surface area contributed by atoms with Crippen LogP contribution in [0.2, 0.25) is 0 Å². The van der Waals surface area contributed by atoms with Gasteiger partial charge in [0.1, 0.15) is 11.2 Å². The lowest BCUT2D eigenvalue weighted by atomic mass is 9.28. The minimum absolute atomic E-state index is 0.0609. The summed E-state index contributed by atoms with van der Waals surface area (Å²) in [5.41, 5.74) is 15.2. The smallest absolute Gasteiger partial charge is 0.339 e. The van der Waals surface area contributed by atoms with Crippen molar-refractivity contribution in [3.8, 4) is 0 Å². The van der Waals surface area contributed by atoms with Gasteiger partial charge in [-0.15, -0.1) is 0 Å². The number of ether oxygens (including phenoxy) is 2. The van der Waals surface area contributed by atoms with E-state index in [-0.39, 0.29) is 23.8 Å². The molecule has 3 saturated heterocycles. The number of benzene rings is 2. The van der Waals surface area contributed by atoms with Crippen molar-refractivity contribution in [2.45, 2.75) is 115 Å². The molecule has 7 heteroatoms. The first-order chi connectivity index (χ1) is 29.3. The number of hydrogen-bond donors (Lipinski definition) is 1. The number of allylic oxidation sites excluding steroid dienone is 3. The molecule has 5 aliphatic carbocycles. The van der Waals surface area contributed by atoms with Gasteiger partial charge in [0.25, 0.3) is 0 Å². The van der Waals surface area contributed by atoms with Crippen LogP contribution in [0.25, 0.3) is 0 Å². The highest BCUT2D eigenvalue weighted by Gasteiger charge is 2.92. The summed E-state index contributed by atoms with van der Waals surface area (Å²) in [5, 5.41) is 0. The van der Waals surface area contributed by atoms with Gasteiger partial charge < -0.3 is 20.1 Å². The lowest BCUT2D eigenvalue weighted by Gasteiger charge is -2.72. The molecule has 4 fully saturated rings. The van der Waals surface area contributed by atoms with Crippen LogP contribution in [0.1, 0.15) is 111 Å². The lowest BCUT2D eigenvalue weighted by Crippen LogP contribution is -2.77. The van der Waals surface area contributed by atoms with Gasteiger partial charge in [-0.3, -0.25) is 9.69 Å². The number of carbonyl (C=O) groups excluding carboxylic acids is 2. The fraction of sp³-hybridized carbons (Fsp3) is 0.585. The van der Waals surface area contributed by atoms with Crippen molar-refractivity contribution in [2.75, 3.05) is 26.2 Å². The topological polar surface area (TPSA) is 85.1 Å². The van der Waals surface area contributed by atoms with E-state index >= 15 is 4.79 Å². The van der Waals surface area contributed by atoms with Gasteiger partial charge in [0.2, 0.25) is 0 Å². The highest BCUT2D eigenvalue weighted by Crippen LogP contribution is 2.87. The molecular formula is C53H61N3O4. The molecule has 9 aliphatic heterocycles. The summed E-state index contributed by atoms with van der Waals surface area (Å²) in [7, 11) is 0. The van der Waals surface area contributed by atoms with Crippen molar-refractivity contribution in [2.24, 2.45) is 58.0 Å². The van der Waals surface area contributed by atoms with Gasteiger partial charge in [-0.25, -0.2) is 4.79 Å². The summed E-state index contributed by atoms with van der Waals surface area (Å²) in [6.07, 6.45) is 19.7. The Morgan fingerprint density at radius 2 is 1.83 bits per heavy atom. The Balaban J connectivity index is 1.11. The van der Waals surface area contributed by atoms with Crippen LogP contribution < -0.4 is 5.73 Å². The summed E-state index contributed by atoms with van der Waals surface area (Å²) in [4.78, 5) is 36.4. The number of aryl methyl sites for hydroxylation is 2. The number of carbonyl (C=O) groups is 2. The fourth-order valence-electron chi connectivity index (χ4n) is 16.9. The van der Waals surface area contributed by atoms with Crippen molar-refractivity contribution >= 4 is 11.9 Å². The minimum Gasteiger partial charge on any atom is -0.449 e. The monoisotopic (exact) mass is 803 g/mol. The fourth-order valence-corrected chi connectivity index (χ4v) is 16.9. The Bertz CT molecular complexity index is 2370. The van der Waals surface area contributed by atoms with Crippen molar-refractivity contribution in [3.63, 3.8) is 0 Å². The molecule has 14 aliphatic rings. The summed E-state index contributed by atoms with van der Waals surface area (Å²) in [6.45, 7) is 8.85. The second-order valence-corrected chi connectivity index (χ2v) is 21.4. The molecule has 2 N–H and O–H groups in total. The Hall–Kier alpha value is -3.94. The number of fused-ring (bicyclic) bond motifs is 7. The van der Waals surface area contributed by atoms with Crippen LogP contribution in [0.15, 0.2) is 88.9 Å². The standard InChI is InChI=1S/C53H61N3O4/c1-30-22-36-16-17-42-38-25-34-27-55(29-38)31(2)15-18-44-51-20-19-39-41-26-37(45(30)47(39)48(36)56(42)28-34)24-33-10-5-9-32(23-33)8-3-4-14-43(52(41,51)50(58)59-44)53(51)40-13-6-11-35(12-7-21-54)46(40)49(57)60-53/h5-6,9-11,13,16-18,23,30-31,34,37-38,42-43,45,47H,3-4,7-8,12,14-15,19-22,24-29,54H2,1-2H3/b44-18+/t30-,31+,34+,37+,38-,42-,43-,45-,47-,51+,52-,53+/m0/s1.